The fourth-order valence-electron chi connectivity index (χ4n) is 3.05. The summed E-state index contributed by atoms with van der Waals surface area (Å²) in [5.41, 5.74) is -0.0675. The van der Waals surface area contributed by atoms with E-state index in [-0.39, 0.29) is 11.7 Å². The van der Waals surface area contributed by atoms with Gasteiger partial charge in [0.15, 0.2) is 0 Å². The summed E-state index contributed by atoms with van der Waals surface area (Å²) in [6.07, 6.45) is 5.83. The summed E-state index contributed by atoms with van der Waals surface area (Å²) in [7, 11) is 1.70. The zero-order chi connectivity index (χ0) is 15.4. The Balaban J connectivity index is 2.25. The van der Waals surface area contributed by atoms with Crippen LogP contribution in [0.1, 0.15) is 39.5 Å². The van der Waals surface area contributed by atoms with E-state index in [9.17, 15) is 10.1 Å². The maximum absolute atomic E-state index is 11.1. The summed E-state index contributed by atoms with van der Waals surface area (Å²) in [5.74, 6) is 1.77. The Bertz CT molecular complexity index is 506. The molecule has 0 radical (unpaired) electrons. The molecule has 0 bridgehead atoms. The van der Waals surface area contributed by atoms with Crippen LogP contribution in [0.4, 0.5) is 17.5 Å². The quantitative estimate of drug-likeness (QED) is 0.640. The first-order chi connectivity index (χ1) is 10.0. The van der Waals surface area contributed by atoms with E-state index in [4.69, 9.17) is 0 Å². The van der Waals surface area contributed by atoms with Gasteiger partial charge in [-0.25, -0.2) is 4.98 Å². The van der Waals surface area contributed by atoms with E-state index in [1.54, 1.807) is 7.05 Å². The van der Waals surface area contributed by atoms with Gasteiger partial charge < -0.3 is 10.6 Å². The molecule has 2 rings (SSSR count). The van der Waals surface area contributed by atoms with E-state index in [1.165, 1.54) is 12.6 Å². The molecule has 2 unspecified atom stereocenters. The van der Waals surface area contributed by atoms with Gasteiger partial charge in [-0.2, -0.15) is 4.98 Å². The van der Waals surface area contributed by atoms with Crippen molar-refractivity contribution in [3.05, 3.63) is 16.3 Å². The van der Waals surface area contributed by atoms with Crippen LogP contribution in [0.3, 0.4) is 0 Å². The highest BCUT2D eigenvalue weighted by molar-refractivity contribution is 5.57. The molecule has 1 heterocycles. The van der Waals surface area contributed by atoms with Gasteiger partial charge in [-0.15, -0.1) is 0 Å². The third-order valence-electron chi connectivity index (χ3n) is 4.19. The second-order valence-corrected chi connectivity index (χ2v) is 5.88. The largest absolute Gasteiger partial charge is 0.361 e. The van der Waals surface area contributed by atoms with Gasteiger partial charge in [0.05, 0.1) is 4.92 Å². The molecule has 21 heavy (non-hydrogen) atoms. The maximum atomic E-state index is 11.1. The van der Waals surface area contributed by atoms with Gasteiger partial charge in [-0.05, 0) is 24.7 Å². The molecule has 2 N–H and O–H groups in total. The van der Waals surface area contributed by atoms with Crippen molar-refractivity contribution >= 4 is 17.5 Å². The first kappa shape index (κ1) is 15.5. The van der Waals surface area contributed by atoms with Crippen molar-refractivity contribution < 1.29 is 4.92 Å². The minimum Gasteiger partial charge on any atom is -0.361 e. The second kappa shape index (κ2) is 6.69. The van der Waals surface area contributed by atoms with Crippen molar-refractivity contribution in [2.75, 3.05) is 17.7 Å². The Morgan fingerprint density at radius 1 is 1.38 bits per heavy atom. The lowest BCUT2D eigenvalue weighted by atomic mass is 9.78. The average molecular weight is 293 g/mol. The Morgan fingerprint density at radius 3 is 2.71 bits per heavy atom. The lowest BCUT2D eigenvalue weighted by Gasteiger charge is -2.35. The molecule has 0 amide bonds. The van der Waals surface area contributed by atoms with Gasteiger partial charge in [0.2, 0.25) is 11.8 Å². The molecule has 0 saturated heterocycles. The minimum atomic E-state index is -0.436. The Hall–Kier alpha value is -1.92. The monoisotopic (exact) mass is 293 g/mol. The summed E-state index contributed by atoms with van der Waals surface area (Å²) < 4.78 is 0. The number of hydrogen-bond acceptors (Lipinski definition) is 6. The maximum Gasteiger partial charge on any atom is 0.329 e. The average Bonchev–Trinajstić information content (AvgIpc) is 2.47. The SMILES string of the molecule is CNc1ncc([N+](=O)[O-])c(NC2CCCCC2C(C)C)n1. The van der Waals surface area contributed by atoms with Crippen LogP contribution in [0.2, 0.25) is 0 Å². The van der Waals surface area contributed by atoms with E-state index in [2.05, 4.69) is 34.4 Å². The molecule has 7 nitrogen and oxygen atoms in total. The van der Waals surface area contributed by atoms with Crippen molar-refractivity contribution in [1.29, 1.82) is 0 Å². The second-order valence-electron chi connectivity index (χ2n) is 5.88. The van der Waals surface area contributed by atoms with Gasteiger partial charge in [-0.3, -0.25) is 10.1 Å². The van der Waals surface area contributed by atoms with Crippen LogP contribution in [-0.2, 0) is 0 Å². The van der Waals surface area contributed by atoms with E-state index < -0.39 is 4.92 Å². The van der Waals surface area contributed by atoms with Crippen LogP contribution in [-0.4, -0.2) is 28.0 Å². The number of anilines is 2. The number of aromatic nitrogens is 2. The van der Waals surface area contributed by atoms with Crippen molar-refractivity contribution in [3.63, 3.8) is 0 Å². The van der Waals surface area contributed by atoms with Crippen LogP contribution in [0.15, 0.2) is 6.20 Å². The highest BCUT2D eigenvalue weighted by Gasteiger charge is 2.30. The Kier molecular flexibility index (Phi) is 4.93. The van der Waals surface area contributed by atoms with Crippen LogP contribution < -0.4 is 10.6 Å². The first-order valence-electron chi connectivity index (χ1n) is 7.48. The Labute approximate surface area is 124 Å². The molecule has 2 atom stereocenters. The predicted molar refractivity (Wildman–Crippen MR) is 82.4 cm³/mol. The smallest absolute Gasteiger partial charge is 0.329 e. The van der Waals surface area contributed by atoms with E-state index in [1.807, 2.05) is 0 Å². The molecule has 1 saturated carbocycles. The zero-order valence-corrected chi connectivity index (χ0v) is 12.8. The summed E-state index contributed by atoms with van der Waals surface area (Å²) in [4.78, 5) is 18.9. The fourth-order valence-corrected chi connectivity index (χ4v) is 3.05. The summed E-state index contributed by atoms with van der Waals surface area (Å²) >= 11 is 0. The third kappa shape index (κ3) is 3.59. The molecular formula is C14H23N5O2. The van der Waals surface area contributed by atoms with Gasteiger partial charge >= 0.3 is 5.69 Å². The summed E-state index contributed by atoms with van der Waals surface area (Å²) in [6.45, 7) is 4.41. The Morgan fingerprint density at radius 2 is 2.10 bits per heavy atom. The lowest BCUT2D eigenvalue weighted by molar-refractivity contribution is -0.384. The van der Waals surface area contributed by atoms with E-state index in [0.29, 0.717) is 23.6 Å². The topological polar surface area (TPSA) is 93.0 Å². The minimum absolute atomic E-state index is 0.0675. The molecule has 116 valence electrons. The zero-order valence-electron chi connectivity index (χ0n) is 12.8. The number of nitro groups is 1. The van der Waals surface area contributed by atoms with Gasteiger partial charge in [0.1, 0.15) is 6.20 Å². The van der Waals surface area contributed by atoms with Gasteiger partial charge in [0.25, 0.3) is 0 Å². The molecule has 1 fully saturated rings. The van der Waals surface area contributed by atoms with Gasteiger partial charge in [-0.1, -0.05) is 26.7 Å². The summed E-state index contributed by atoms with van der Waals surface area (Å²) in [5, 5.41) is 17.3. The normalized spacial score (nSPS) is 22.1. The number of nitrogens with zero attached hydrogens (tertiary/aromatic N) is 3. The molecule has 7 heteroatoms. The standard InChI is InChI=1S/C14H23N5O2/c1-9(2)10-6-4-5-7-11(10)17-13-12(19(20)21)8-16-14(15-3)18-13/h8-11H,4-7H2,1-3H3,(H2,15,16,17,18). The lowest BCUT2D eigenvalue weighted by Crippen LogP contribution is -2.35. The molecule has 1 aromatic rings. The van der Waals surface area contributed by atoms with Crippen molar-refractivity contribution in [2.45, 2.75) is 45.6 Å². The van der Waals surface area contributed by atoms with Crippen LogP contribution in [0.5, 0.6) is 0 Å². The van der Waals surface area contributed by atoms with E-state index >= 15 is 0 Å². The molecule has 1 aliphatic rings. The predicted octanol–water partition coefficient (Wildman–Crippen LogP) is 3.05. The molecule has 0 spiro atoms. The molecule has 1 aliphatic carbocycles. The van der Waals surface area contributed by atoms with Crippen LogP contribution >= 0.6 is 0 Å². The van der Waals surface area contributed by atoms with Crippen LogP contribution in [0.25, 0.3) is 0 Å². The van der Waals surface area contributed by atoms with Crippen molar-refractivity contribution in [3.8, 4) is 0 Å². The molecular weight excluding hydrogens is 270 g/mol. The molecule has 1 aromatic heterocycles. The fraction of sp³-hybridized carbons (Fsp3) is 0.714. The molecule has 0 aromatic carbocycles. The molecule has 0 aliphatic heterocycles. The number of rotatable bonds is 5. The first-order valence-corrected chi connectivity index (χ1v) is 7.48. The van der Waals surface area contributed by atoms with Crippen molar-refractivity contribution in [2.24, 2.45) is 11.8 Å². The summed E-state index contributed by atoms with van der Waals surface area (Å²) in [6, 6.07) is 0.233. The van der Waals surface area contributed by atoms with Crippen LogP contribution in [0, 0.1) is 22.0 Å². The number of nitrogens with one attached hydrogen (secondary N) is 2. The third-order valence-corrected chi connectivity index (χ3v) is 4.19. The van der Waals surface area contributed by atoms with Gasteiger partial charge in [0, 0.05) is 13.1 Å². The highest BCUT2D eigenvalue weighted by Crippen LogP contribution is 2.33. The highest BCUT2D eigenvalue weighted by atomic mass is 16.6. The van der Waals surface area contributed by atoms with Crippen molar-refractivity contribution in [1.82, 2.24) is 9.97 Å². The number of hydrogen-bond donors (Lipinski definition) is 2. The van der Waals surface area contributed by atoms with E-state index in [0.717, 1.165) is 19.3 Å².